The summed E-state index contributed by atoms with van der Waals surface area (Å²) in [5, 5.41) is 2.11. The smallest absolute Gasteiger partial charge is 0.243 e. The Balaban J connectivity index is 1.48. The van der Waals surface area contributed by atoms with E-state index in [2.05, 4.69) is 29.0 Å². The Morgan fingerprint density at radius 2 is 1.69 bits per heavy atom. The van der Waals surface area contributed by atoms with Gasteiger partial charge in [-0.2, -0.15) is 4.31 Å². The van der Waals surface area contributed by atoms with Crippen molar-refractivity contribution >= 4 is 27.0 Å². The van der Waals surface area contributed by atoms with Gasteiger partial charge in [0, 0.05) is 25.1 Å². The zero-order valence-electron chi connectivity index (χ0n) is 20.2. The molecule has 0 N–H and O–H groups in total. The molecule has 3 heterocycles. The zero-order chi connectivity index (χ0) is 24.3. The Morgan fingerprint density at radius 3 is 2.34 bits per heavy atom. The Labute approximate surface area is 212 Å². The van der Waals surface area contributed by atoms with Crippen molar-refractivity contribution in [2.24, 2.45) is 4.99 Å². The van der Waals surface area contributed by atoms with E-state index in [1.807, 2.05) is 24.3 Å². The van der Waals surface area contributed by atoms with Crippen LogP contribution < -0.4 is 4.80 Å². The van der Waals surface area contributed by atoms with Gasteiger partial charge in [0.2, 0.25) is 10.0 Å². The summed E-state index contributed by atoms with van der Waals surface area (Å²) in [5.41, 5.74) is 4.15. The van der Waals surface area contributed by atoms with Gasteiger partial charge in [0.25, 0.3) is 0 Å². The second-order valence-electron chi connectivity index (χ2n) is 9.44. The number of aromatic nitrogens is 1. The molecule has 2 aromatic carbocycles. The fourth-order valence-corrected chi connectivity index (χ4v) is 7.23. The van der Waals surface area contributed by atoms with Crippen LogP contribution in [0.4, 0.5) is 5.69 Å². The van der Waals surface area contributed by atoms with E-state index in [-0.39, 0.29) is 6.10 Å². The van der Waals surface area contributed by atoms with Crippen LogP contribution in [0.3, 0.4) is 0 Å². The van der Waals surface area contributed by atoms with Crippen LogP contribution in [0.2, 0.25) is 0 Å². The first-order valence-electron chi connectivity index (χ1n) is 12.5. The summed E-state index contributed by atoms with van der Waals surface area (Å²) in [6.45, 7) is 4.83. The third-order valence-corrected chi connectivity index (χ3v) is 9.60. The molecule has 6 nitrogen and oxygen atoms in total. The highest BCUT2D eigenvalue weighted by atomic mass is 32.2. The Morgan fingerprint density at radius 1 is 0.971 bits per heavy atom. The fourth-order valence-electron chi connectivity index (χ4n) is 4.78. The van der Waals surface area contributed by atoms with Crippen LogP contribution in [0.1, 0.15) is 44.1 Å². The molecule has 0 aliphatic carbocycles. The molecule has 1 aromatic heterocycles. The summed E-state index contributed by atoms with van der Waals surface area (Å²) in [6, 6.07) is 15.6. The monoisotopic (exact) mass is 511 g/mol. The van der Waals surface area contributed by atoms with Gasteiger partial charge in [0.15, 0.2) is 4.80 Å². The Hall–Kier alpha value is -2.26. The van der Waals surface area contributed by atoms with Crippen LogP contribution in [0.5, 0.6) is 0 Å². The first-order valence-corrected chi connectivity index (χ1v) is 14.8. The van der Waals surface area contributed by atoms with Crippen LogP contribution in [-0.4, -0.2) is 43.1 Å². The lowest BCUT2D eigenvalue weighted by Crippen LogP contribution is -2.31. The van der Waals surface area contributed by atoms with Crippen molar-refractivity contribution < 1.29 is 13.2 Å². The maximum absolute atomic E-state index is 13.2. The van der Waals surface area contributed by atoms with E-state index in [1.165, 1.54) is 5.56 Å². The quantitative estimate of drug-likeness (QED) is 0.439. The molecule has 8 heteroatoms. The van der Waals surface area contributed by atoms with Gasteiger partial charge in [0.05, 0.1) is 28.9 Å². The van der Waals surface area contributed by atoms with E-state index in [4.69, 9.17) is 9.73 Å². The van der Waals surface area contributed by atoms with Crippen LogP contribution in [0.15, 0.2) is 63.8 Å². The minimum atomic E-state index is -3.46. The second kappa shape index (κ2) is 10.8. The van der Waals surface area contributed by atoms with Crippen LogP contribution in [0, 0.1) is 6.92 Å². The highest BCUT2D eigenvalue weighted by molar-refractivity contribution is 7.89. The third-order valence-electron chi connectivity index (χ3n) is 6.82. The molecule has 0 saturated carbocycles. The van der Waals surface area contributed by atoms with Crippen molar-refractivity contribution in [3.63, 3.8) is 0 Å². The highest BCUT2D eigenvalue weighted by Crippen LogP contribution is 2.27. The molecule has 1 unspecified atom stereocenters. The molecule has 0 radical (unpaired) electrons. The number of nitrogens with zero attached hydrogens (tertiary/aromatic N) is 3. The largest absolute Gasteiger partial charge is 0.376 e. The van der Waals surface area contributed by atoms with Gasteiger partial charge >= 0.3 is 0 Å². The minimum Gasteiger partial charge on any atom is -0.376 e. The van der Waals surface area contributed by atoms with Gasteiger partial charge in [-0.25, -0.2) is 13.4 Å². The molecule has 3 aromatic rings. The minimum absolute atomic E-state index is 0.169. The molecular weight excluding hydrogens is 478 g/mol. The van der Waals surface area contributed by atoms with Crippen LogP contribution >= 0.6 is 11.3 Å². The second-order valence-corrected chi connectivity index (χ2v) is 12.2. The van der Waals surface area contributed by atoms with Gasteiger partial charge in [-0.05, 0) is 62.4 Å². The number of benzene rings is 2. The molecule has 0 spiro atoms. The summed E-state index contributed by atoms with van der Waals surface area (Å²) < 4.78 is 36.2. The molecule has 2 fully saturated rings. The van der Waals surface area contributed by atoms with Crippen LogP contribution in [-0.2, 0) is 21.3 Å². The zero-order valence-corrected chi connectivity index (χ0v) is 21.9. The average Bonchev–Trinajstić information content (AvgIpc) is 3.42. The molecule has 2 aliphatic heterocycles. The molecule has 1 atom stereocenters. The molecule has 5 rings (SSSR count). The number of hydrogen-bond acceptors (Lipinski definition) is 5. The normalized spacial score (nSPS) is 20.3. The summed E-state index contributed by atoms with van der Waals surface area (Å²) in [6.07, 6.45) is 6.36. The lowest BCUT2D eigenvalue weighted by Gasteiger charge is -2.20. The topological polar surface area (TPSA) is 63.9 Å². The van der Waals surface area contributed by atoms with Gasteiger partial charge < -0.3 is 9.30 Å². The SMILES string of the molecule is Cc1ccc(N=c2scc(-c3ccc(S(=O)(=O)N4CCCCCC4)cc3)n2CC2CCCO2)cc1. The molecule has 2 aliphatic rings. The Bertz CT molecular complexity index is 1290. The first kappa shape index (κ1) is 24.4. The van der Waals surface area contributed by atoms with Crippen LogP contribution in [0.25, 0.3) is 11.3 Å². The lowest BCUT2D eigenvalue weighted by molar-refractivity contribution is 0.0968. The number of thiazole rings is 1. The average molecular weight is 512 g/mol. The number of hydrogen-bond donors (Lipinski definition) is 0. The van der Waals surface area contributed by atoms with E-state index in [0.29, 0.717) is 18.0 Å². The molecule has 0 amide bonds. The predicted octanol–water partition coefficient (Wildman–Crippen LogP) is 5.50. The fraction of sp³-hybridized carbons (Fsp3) is 0.444. The molecule has 0 bridgehead atoms. The van der Waals surface area contributed by atoms with Gasteiger partial charge in [-0.1, -0.05) is 42.7 Å². The molecule has 35 heavy (non-hydrogen) atoms. The van der Waals surface area contributed by atoms with Crippen molar-refractivity contribution in [3.05, 3.63) is 64.3 Å². The number of ether oxygens (including phenoxy) is 1. The summed E-state index contributed by atoms with van der Waals surface area (Å²) in [4.78, 5) is 6.21. The number of rotatable bonds is 6. The molecule has 186 valence electrons. The number of sulfonamides is 1. The van der Waals surface area contributed by atoms with Gasteiger partial charge in [-0.3, -0.25) is 0 Å². The lowest BCUT2D eigenvalue weighted by atomic mass is 10.1. The maximum Gasteiger partial charge on any atom is 0.243 e. The van der Waals surface area contributed by atoms with Crippen molar-refractivity contribution in [1.82, 2.24) is 8.87 Å². The number of aryl methyl sites for hydroxylation is 1. The van der Waals surface area contributed by atoms with E-state index >= 15 is 0 Å². The summed E-state index contributed by atoms with van der Waals surface area (Å²) in [5.74, 6) is 0. The van der Waals surface area contributed by atoms with E-state index in [0.717, 1.165) is 73.4 Å². The van der Waals surface area contributed by atoms with E-state index in [1.54, 1.807) is 27.8 Å². The first-order chi connectivity index (χ1) is 17.0. The van der Waals surface area contributed by atoms with Crippen molar-refractivity contribution in [2.45, 2.75) is 63.0 Å². The summed E-state index contributed by atoms with van der Waals surface area (Å²) >= 11 is 1.60. The maximum atomic E-state index is 13.2. The van der Waals surface area contributed by atoms with Crippen molar-refractivity contribution in [2.75, 3.05) is 19.7 Å². The van der Waals surface area contributed by atoms with Crippen molar-refractivity contribution in [1.29, 1.82) is 0 Å². The standard InChI is InChI=1S/C27H33N3O3S2/c1-21-8-12-23(13-9-21)28-27-30(19-24-7-6-18-33-24)26(20-34-27)22-10-14-25(15-11-22)35(31,32)29-16-4-2-3-5-17-29/h8-15,20,24H,2-7,16-19H2,1H3. The predicted molar refractivity (Wildman–Crippen MR) is 140 cm³/mol. The van der Waals surface area contributed by atoms with Gasteiger partial charge in [0.1, 0.15) is 0 Å². The molecule has 2 saturated heterocycles. The molecular formula is C27H33N3O3S2. The van der Waals surface area contributed by atoms with Crippen molar-refractivity contribution in [3.8, 4) is 11.3 Å². The van der Waals surface area contributed by atoms with E-state index < -0.39 is 10.0 Å². The third kappa shape index (κ3) is 5.61. The van der Waals surface area contributed by atoms with E-state index in [9.17, 15) is 8.42 Å². The summed E-state index contributed by atoms with van der Waals surface area (Å²) in [7, 11) is -3.46. The Kier molecular flexibility index (Phi) is 7.53. The highest BCUT2D eigenvalue weighted by Gasteiger charge is 2.25. The van der Waals surface area contributed by atoms with Gasteiger partial charge in [-0.15, -0.1) is 11.3 Å².